The number of aromatic amines is 1. The molecule has 0 aliphatic rings. The molecule has 0 atom stereocenters. The molecule has 4 heterocycles. The number of rotatable bonds is 4. The van der Waals surface area contributed by atoms with Crippen molar-refractivity contribution in [1.82, 2.24) is 29.3 Å². The maximum absolute atomic E-state index is 14.0. The maximum Gasteiger partial charge on any atom is 0.263 e. The van der Waals surface area contributed by atoms with Gasteiger partial charge in [-0.2, -0.15) is 5.10 Å². The zero-order valence-corrected chi connectivity index (χ0v) is 21.5. The van der Waals surface area contributed by atoms with Crippen LogP contribution in [0.2, 0.25) is 0 Å². The second-order valence-electron chi connectivity index (χ2n) is 9.85. The molecule has 190 valence electrons. The molecule has 3 N–H and O–H groups in total. The van der Waals surface area contributed by atoms with Crippen LogP contribution in [-0.4, -0.2) is 29.3 Å². The van der Waals surface area contributed by atoms with Gasteiger partial charge in [-0.1, -0.05) is 48.5 Å². The van der Waals surface area contributed by atoms with Gasteiger partial charge in [-0.3, -0.25) is 9.36 Å². The van der Waals surface area contributed by atoms with Gasteiger partial charge in [-0.15, -0.1) is 0 Å². The minimum atomic E-state index is -0.0575. The first kappa shape index (κ1) is 22.9. The normalized spacial score (nSPS) is 11.6. The number of hydrogen-bond donors (Lipinski definition) is 2. The number of nitrogens with zero attached hydrogens (tertiary/aromatic N) is 5. The Morgan fingerprint density at radius 1 is 0.872 bits per heavy atom. The number of nitrogens with two attached hydrogens (primary N) is 1. The SMILES string of the molecule is Cc1ccccc1-n1c(Cn2nc(-c3ccc4cc[nH]c4c3)c3c(N)ncnc32)cc2cccc(C)c2c1=O. The topological polar surface area (TPSA) is 107 Å². The van der Waals surface area contributed by atoms with Crippen LogP contribution in [0.5, 0.6) is 0 Å². The van der Waals surface area contributed by atoms with Gasteiger partial charge in [0.2, 0.25) is 0 Å². The zero-order chi connectivity index (χ0) is 26.7. The summed E-state index contributed by atoms with van der Waals surface area (Å²) in [6, 6.07) is 24.1. The van der Waals surface area contributed by atoms with Gasteiger partial charge < -0.3 is 10.7 Å². The smallest absolute Gasteiger partial charge is 0.263 e. The van der Waals surface area contributed by atoms with Crippen molar-refractivity contribution in [2.45, 2.75) is 20.4 Å². The summed E-state index contributed by atoms with van der Waals surface area (Å²) in [7, 11) is 0. The molecular weight excluding hydrogens is 486 g/mol. The van der Waals surface area contributed by atoms with E-state index in [1.54, 1.807) is 4.57 Å². The Kier molecular flexibility index (Phi) is 5.09. The van der Waals surface area contributed by atoms with Crippen molar-refractivity contribution in [3.8, 4) is 16.9 Å². The van der Waals surface area contributed by atoms with Crippen molar-refractivity contribution in [3.05, 3.63) is 112 Å². The molecule has 8 nitrogen and oxygen atoms in total. The predicted octanol–water partition coefficient (Wildman–Crippen LogP) is 5.53. The Hall–Kier alpha value is -5.24. The summed E-state index contributed by atoms with van der Waals surface area (Å²) in [6.45, 7) is 4.30. The molecule has 0 bridgehead atoms. The largest absolute Gasteiger partial charge is 0.383 e. The zero-order valence-electron chi connectivity index (χ0n) is 21.5. The number of pyridine rings is 1. The number of aryl methyl sites for hydroxylation is 2. The summed E-state index contributed by atoms with van der Waals surface area (Å²) in [5.41, 5.74) is 13.1. The third-order valence-corrected chi connectivity index (χ3v) is 7.39. The number of anilines is 1. The second-order valence-corrected chi connectivity index (χ2v) is 9.85. The van der Waals surface area contributed by atoms with Crippen LogP contribution < -0.4 is 11.3 Å². The van der Waals surface area contributed by atoms with Crippen molar-refractivity contribution in [2.24, 2.45) is 0 Å². The van der Waals surface area contributed by atoms with E-state index >= 15 is 0 Å². The summed E-state index contributed by atoms with van der Waals surface area (Å²) in [6.07, 6.45) is 3.36. The number of aromatic nitrogens is 6. The molecule has 0 amide bonds. The Morgan fingerprint density at radius 2 is 1.72 bits per heavy atom. The fourth-order valence-electron chi connectivity index (χ4n) is 5.48. The summed E-state index contributed by atoms with van der Waals surface area (Å²) in [5, 5.41) is 8.39. The van der Waals surface area contributed by atoms with Crippen molar-refractivity contribution >= 4 is 38.5 Å². The van der Waals surface area contributed by atoms with E-state index in [0.29, 0.717) is 34.5 Å². The van der Waals surface area contributed by atoms with E-state index in [1.165, 1.54) is 6.33 Å². The third kappa shape index (κ3) is 3.60. The van der Waals surface area contributed by atoms with Gasteiger partial charge in [0.15, 0.2) is 5.65 Å². The molecule has 3 aromatic carbocycles. The highest BCUT2D eigenvalue weighted by atomic mass is 16.1. The maximum atomic E-state index is 14.0. The number of hydrogen-bond acceptors (Lipinski definition) is 5. The molecule has 0 saturated heterocycles. The molecule has 0 unspecified atom stereocenters. The summed E-state index contributed by atoms with van der Waals surface area (Å²) < 4.78 is 3.61. The number of para-hydroxylation sites is 1. The summed E-state index contributed by atoms with van der Waals surface area (Å²) in [5.74, 6) is 0.360. The fraction of sp³-hybridized carbons (Fsp3) is 0.0968. The molecule has 7 rings (SSSR count). The lowest BCUT2D eigenvalue weighted by Crippen LogP contribution is -2.25. The first-order valence-electron chi connectivity index (χ1n) is 12.7. The number of nitrogen functional groups attached to an aromatic ring is 1. The average Bonchev–Trinajstić information content (AvgIpc) is 3.55. The molecule has 4 aromatic heterocycles. The van der Waals surface area contributed by atoms with Crippen LogP contribution in [0.3, 0.4) is 0 Å². The third-order valence-electron chi connectivity index (χ3n) is 7.39. The Morgan fingerprint density at radius 3 is 2.59 bits per heavy atom. The predicted molar refractivity (Wildman–Crippen MR) is 155 cm³/mol. The second kappa shape index (κ2) is 8.66. The van der Waals surface area contributed by atoms with E-state index in [9.17, 15) is 4.79 Å². The Balaban J connectivity index is 1.48. The first-order valence-corrected chi connectivity index (χ1v) is 12.7. The lowest BCUT2D eigenvalue weighted by atomic mass is 10.1. The molecule has 39 heavy (non-hydrogen) atoms. The van der Waals surface area contributed by atoms with E-state index < -0.39 is 0 Å². The fourth-order valence-corrected chi connectivity index (χ4v) is 5.48. The van der Waals surface area contributed by atoms with Crippen LogP contribution in [0.4, 0.5) is 5.82 Å². The van der Waals surface area contributed by atoms with Gasteiger partial charge >= 0.3 is 0 Å². The van der Waals surface area contributed by atoms with Gasteiger partial charge in [-0.25, -0.2) is 14.6 Å². The van der Waals surface area contributed by atoms with E-state index in [1.807, 2.05) is 85.4 Å². The minimum absolute atomic E-state index is 0.0575. The molecule has 0 radical (unpaired) electrons. The van der Waals surface area contributed by atoms with Crippen LogP contribution in [0.25, 0.3) is 49.7 Å². The van der Waals surface area contributed by atoms with Crippen LogP contribution in [0.1, 0.15) is 16.8 Å². The molecular formula is C31H25N7O. The molecule has 0 spiro atoms. The Labute approximate surface area is 223 Å². The van der Waals surface area contributed by atoms with E-state index in [4.69, 9.17) is 10.8 Å². The number of nitrogens with one attached hydrogen (secondary N) is 1. The average molecular weight is 512 g/mol. The van der Waals surface area contributed by atoms with Gasteiger partial charge in [0, 0.05) is 23.0 Å². The van der Waals surface area contributed by atoms with Crippen LogP contribution in [-0.2, 0) is 6.54 Å². The van der Waals surface area contributed by atoms with E-state index in [0.717, 1.165) is 44.4 Å². The highest BCUT2D eigenvalue weighted by Crippen LogP contribution is 2.32. The number of fused-ring (bicyclic) bond motifs is 3. The van der Waals surface area contributed by atoms with Crippen LogP contribution in [0.15, 0.2) is 90.1 Å². The van der Waals surface area contributed by atoms with Gasteiger partial charge in [0.25, 0.3) is 5.56 Å². The van der Waals surface area contributed by atoms with Gasteiger partial charge in [0.1, 0.15) is 17.8 Å². The highest BCUT2D eigenvalue weighted by Gasteiger charge is 2.20. The van der Waals surface area contributed by atoms with Gasteiger partial charge in [0.05, 0.1) is 23.0 Å². The van der Waals surface area contributed by atoms with E-state index in [2.05, 4.69) is 27.1 Å². The molecule has 0 aliphatic carbocycles. The molecule has 0 aliphatic heterocycles. The summed E-state index contributed by atoms with van der Waals surface area (Å²) >= 11 is 0. The molecule has 0 fully saturated rings. The molecule has 7 aromatic rings. The highest BCUT2D eigenvalue weighted by molar-refractivity contribution is 5.99. The molecule has 8 heteroatoms. The van der Waals surface area contributed by atoms with Crippen molar-refractivity contribution < 1.29 is 0 Å². The lowest BCUT2D eigenvalue weighted by molar-refractivity contribution is 0.671. The van der Waals surface area contributed by atoms with Crippen LogP contribution >= 0.6 is 0 Å². The molecule has 0 saturated carbocycles. The number of benzene rings is 3. The standard InChI is InChI=1S/C31H25N7O/c1-18-6-3-4-9-25(18)38-23(14-21-8-5-7-19(2)26(21)31(38)39)16-37-30-27(29(32)34-17-35-30)28(36-37)22-11-10-20-12-13-33-24(20)15-22/h3-15,17,33H,16H2,1-2H3,(H2,32,34,35). The monoisotopic (exact) mass is 511 g/mol. The lowest BCUT2D eigenvalue weighted by Gasteiger charge is -2.17. The Bertz CT molecular complexity index is 2120. The van der Waals surface area contributed by atoms with Crippen LogP contribution in [0, 0.1) is 13.8 Å². The first-order chi connectivity index (χ1) is 19.0. The quantitative estimate of drug-likeness (QED) is 0.323. The number of H-pyrrole nitrogens is 1. The van der Waals surface area contributed by atoms with Crippen molar-refractivity contribution in [2.75, 3.05) is 5.73 Å². The summed E-state index contributed by atoms with van der Waals surface area (Å²) in [4.78, 5) is 26.1. The van der Waals surface area contributed by atoms with Crippen molar-refractivity contribution in [1.29, 1.82) is 0 Å². The van der Waals surface area contributed by atoms with Crippen molar-refractivity contribution in [3.63, 3.8) is 0 Å². The van der Waals surface area contributed by atoms with E-state index in [-0.39, 0.29) is 5.56 Å². The minimum Gasteiger partial charge on any atom is -0.383 e. The van der Waals surface area contributed by atoms with Gasteiger partial charge in [-0.05, 0) is 60.0 Å².